The van der Waals surface area contributed by atoms with Crippen molar-refractivity contribution in [2.24, 2.45) is 5.41 Å². The van der Waals surface area contributed by atoms with E-state index in [1.54, 1.807) is 17.3 Å². The van der Waals surface area contributed by atoms with Crippen molar-refractivity contribution < 1.29 is 4.79 Å². The maximum Gasteiger partial charge on any atom is 0.210 e. The molecule has 108 valence electrons. The highest BCUT2D eigenvalue weighted by Crippen LogP contribution is 2.18. The predicted molar refractivity (Wildman–Crippen MR) is 82.6 cm³/mol. The summed E-state index contributed by atoms with van der Waals surface area (Å²) in [6.07, 6.45) is 4.96. The Labute approximate surface area is 126 Å². The lowest BCUT2D eigenvalue weighted by molar-refractivity contribution is -0.117. The van der Waals surface area contributed by atoms with Gasteiger partial charge in [0.1, 0.15) is 0 Å². The third-order valence-electron chi connectivity index (χ3n) is 2.76. The van der Waals surface area contributed by atoms with Crippen LogP contribution in [-0.4, -0.2) is 29.4 Å². The summed E-state index contributed by atoms with van der Waals surface area (Å²) in [4.78, 5) is 16.8. The minimum atomic E-state index is -0.0421. The molecule has 0 unspecified atom stereocenters. The summed E-state index contributed by atoms with van der Waals surface area (Å²) < 4.78 is 0. The van der Waals surface area contributed by atoms with Gasteiger partial charge in [-0.15, -0.1) is 0 Å². The van der Waals surface area contributed by atoms with E-state index < -0.39 is 0 Å². The van der Waals surface area contributed by atoms with Crippen LogP contribution in [0.2, 0.25) is 5.02 Å². The van der Waals surface area contributed by atoms with Crippen LogP contribution in [-0.2, 0) is 11.2 Å². The van der Waals surface area contributed by atoms with Crippen molar-refractivity contribution in [1.82, 2.24) is 9.88 Å². The molecule has 1 amide bonds. The maximum absolute atomic E-state index is 11.1. The highest BCUT2D eigenvalue weighted by molar-refractivity contribution is 6.31. The summed E-state index contributed by atoms with van der Waals surface area (Å²) in [5, 5.41) is 0.650. The quantitative estimate of drug-likeness (QED) is 0.617. The molecule has 0 atom stereocenters. The van der Waals surface area contributed by atoms with Gasteiger partial charge < -0.3 is 4.90 Å². The number of pyridine rings is 1. The van der Waals surface area contributed by atoms with Gasteiger partial charge in [-0.2, -0.15) is 0 Å². The van der Waals surface area contributed by atoms with E-state index in [-0.39, 0.29) is 5.41 Å². The van der Waals surface area contributed by atoms with Gasteiger partial charge in [0.25, 0.3) is 0 Å². The fourth-order valence-electron chi connectivity index (χ4n) is 1.71. The smallest absolute Gasteiger partial charge is 0.210 e. The second-order valence-corrected chi connectivity index (χ2v) is 6.20. The zero-order valence-corrected chi connectivity index (χ0v) is 13.3. The number of amides is 1. The minimum Gasteiger partial charge on any atom is -0.334 e. The SMILES string of the molecule is Cc1cncc(Cl)c1CCN(C=O)CC#CC(C)(C)C. The van der Waals surface area contributed by atoms with E-state index in [2.05, 4.69) is 16.8 Å². The van der Waals surface area contributed by atoms with Crippen LogP contribution in [0.5, 0.6) is 0 Å². The number of hydrogen-bond donors (Lipinski definition) is 0. The molecule has 0 radical (unpaired) electrons. The topological polar surface area (TPSA) is 33.2 Å². The third kappa shape index (κ3) is 5.63. The van der Waals surface area contributed by atoms with Gasteiger partial charge in [-0.1, -0.05) is 23.4 Å². The molecule has 0 fully saturated rings. The molecule has 1 heterocycles. The lowest BCUT2D eigenvalue weighted by Crippen LogP contribution is -2.25. The van der Waals surface area contributed by atoms with Gasteiger partial charge in [0, 0.05) is 24.4 Å². The summed E-state index contributed by atoms with van der Waals surface area (Å²) in [6, 6.07) is 0. The molecular weight excluding hydrogens is 272 g/mol. The normalized spacial score (nSPS) is 10.7. The van der Waals surface area contributed by atoms with Crippen LogP contribution in [0.25, 0.3) is 0 Å². The summed E-state index contributed by atoms with van der Waals surface area (Å²) >= 11 is 6.12. The fraction of sp³-hybridized carbons (Fsp3) is 0.500. The molecule has 0 aliphatic heterocycles. The summed E-state index contributed by atoms with van der Waals surface area (Å²) in [7, 11) is 0. The molecule has 0 saturated heterocycles. The second-order valence-electron chi connectivity index (χ2n) is 5.79. The Balaban J connectivity index is 2.62. The molecule has 0 aromatic carbocycles. The molecular formula is C16H21ClN2O. The van der Waals surface area contributed by atoms with E-state index in [4.69, 9.17) is 11.6 Å². The van der Waals surface area contributed by atoms with Crippen molar-refractivity contribution in [3.05, 3.63) is 28.5 Å². The van der Waals surface area contributed by atoms with Crippen molar-refractivity contribution in [2.45, 2.75) is 34.1 Å². The van der Waals surface area contributed by atoms with Crippen LogP contribution < -0.4 is 0 Å². The monoisotopic (exact) mass is 292 g/mol. The first-order chi connectivity index (χ1) is 9.33. The Hall–Kier alpha value is -1.53. The van der Waals surface area contributed by atoms with Gasteiger partial charge in [0.2, 0.25) is 6.41 Å². The third-order valence-corrected chi connectivity index (χ3v) is 3.09. The van der Waals surface area contributed by atoms with Gasteiger partial charge in [-0.05, 0) is 45.2 Å². The van der Waals surface area contributed by atoms with Crippen LogP contribution in [0.4, 0.5) is 0 Å². The molecule has 0 saturated carbocycles. The Morgan fingerprint density at radius 2 is 2.10 bits per heavy atom. The first-order valence-corrected chi connectivity index (χ1v) is 6.99. The zero-order chi connectivity index (χ0) is 15.2. The summed E-state index contributed by atoms with van der Waals surface area (Å²) in [6.45, 7) is 9.16. The van der Waals surface area contributed by atoms with Crippen LogP contribution in [0, 0.1) is 24.2 Å². The highest BCUT2D eigenvalue weighted by atomic mass is 35.5. The number of aromatic nitrogens is 1. The number of hydrogen-bond acceptors (Lipinski definition) is 2. The number of halogens is 1. The largest absolute Gasteiger partial charge is 0.334 e. The Bertz CT molecular complexity index is 503. The van der Waals surface area contributed by atoms with Crippen LogP contribution in [0.1, 0.15) is 31.9 Å². The van der Waals surface area contributed by atoms with E-state index >= 15 is 0 Å². The van der Waals surface area contributed by atoms with Gasteiger partial charge >= 0.3 is 0 Å². The van der Waals surface area contributed by atoms with E-state index in [0.717, 1.165) is 17.5 Å². The Morgan fingerprint density at radius 1 is 1.40 bits per heavy atom. The van der Waals surface area contributed by atoms with Crippen molar-refractivity contribution in [2.75, 3.05) is 13.1 Å². The molecule has 3 nitrogen and oxygen atoms in total. The molecule has 0 bridgehead atoms. The van der Waals surface area contributed by atoms with Gasteiger partial charge in [0.05, 0.1) is 11.6 Å². The molecule has 20 heavy (non-hydrogen) atoms. The highest BCUT2D eigenvalue weighted by Gasteiger charge is 2.08. The Morgan fingerprint density at radius 3 is 2.65 bits per heavy atom. The first-order valence-electron chi connectivity index (χ1n) is 6.62. The zero-order valence-electron chi connectivity index (χ0n) is 12.5. The second kappa shape index (κ2) is 7.31. The maximum atomic E-state index is 11.1. The molecule has 4 heteroatoms. The number of rotatable bonds is 5. The predicted octanol–water partition coefficient (Wildman–Crippen LogP) is 3.09. The van der Waals surface area contributed by atoms with E-state index in [9.17, 15) is 4.79 Å². The number of carbonyl (C=O) groups excluding carboxylic acids is 1. The minimum absolute atomic E-state index is 0.0421. The molecule has 1 aromatic rings. The van der Waals surface area contributed by atoms with Gasteiger partial charge in [-0.25, -0.2) is 0 Å². The average molecular weight is 293 g/mol. The number of aryl methyl sites for hydroxylation is 1. The molecule has 1 aromatic heterocycles. The summed E-state index contributed by atoms with van der Waals surface area (Å²) in [5.74, 6) is 6.16. The van der Waals surface area contributed by atoms with Crippen molar-refractivity contribution in [1.29, 1.82) is 0 Å². The number of carbonyl (C=O) groups is 1. The first kappa shape index (κ1) is 16.5. The van der Waals surface area contributed by atoms with E-state index in [1.165, 1.54) is 0 Å². The van der Waals surface area contributed by atoms with Crippen LogP contribution in [0.15, 0.2) is 12.4 Å². The molecule has 0 aliphatic rings. The van der Waals surface area contributed by atoms with Crippen molar-refractivity contribution >= 4 is 18.0 Å². The fourth-order valence-corrected chi connectivity index (χ4v) is 2.01. The summed E-state index contributed by atoms with van der Waals surface area (Å²) in [5.41, 5.74) is 2.04. The van der Waals surface area contributed by atoms with Crippen molar-refractivity contribution in [3.63, 3.8) is 0 Å². The molecule has 1 rings (SSSR count). The lowest BCUT2D eigenvalue weighted by Gasteiger charge is -2.16. The Kier molecular flexibility index (Phi) is 6.04. The standard InChI is InChI=1S/C16H21ClN2O/c1-13-10-18-11-15(17)14(13)6-9-19(12-20)8-5-7-16(2,3)4/h10-12H,6,8-9H2,1-4H3. The molecule has 0 spiro atoms. The average Bonchev–Trinajstić information content (AvgIpc) is 2.34. The van der Waals surface area contributed by atoms with E-state index in [1.807, 2.05) is 27.7 Å². The van der Waals surface area contributed by atoms with Crippen LogP contribution >= 0.6 is 11.6 Å². The number of nitrogens with zero attached hydrogens (tertiary/aromatic N) is 2. The molecule has 0 N–H and O–H groups in total. The molecule has 0 aliphatic carbocycles. The van der Waals surface area contributed by atoms with Gasteiger partial charge in [0.15, 0.2) is 0 Å². The lowest BCUT2D eigenvalue weighted by atomic mass is 9.98. The van der Waals surface area contributed by atoms with Gasteiger partial charge in [-0.3, -0.25) is 9.78 Å². The van der Waals surface area contributed by atoms with Crippen molar-refractivity contribution in [3.8, 4) is 11.8 Å². The van der Waals surface area contributed by atoms with Crippen LogP contribution in [0.3, 0.4) is 0 Å². The van der Waals surface area contributed by atoms with E-state index in [0.29, 0.717) is 24.5 Å².